The van der Waals surface area contributed by atoms with Crippen molar-refractivity contribution in [2.45, 2.75) is 39.8 Å². The lowest BCUT2D eigenvalue weighted by molar-refractivity contribution is -0.139. The SMILES string of the molecule is CCc1ccc(CNC(=O)CN(CC(=O)O)C(C)C)s1. The maximum atomic E-state index is 11.8. The van der Waals surface area contributed by atoms with Gasteiger partial charge in [-0.2, -0.15) is 0 Å². The Morgan fingerprint density at radius 2 is 1.95 bits per heavy atom. The lowest BCUT2D eigenvalue weighted by atomic mass is 10.3. The summed E-state index contributed by atoms with van der Waals surface area (Å²) in [4.78, 5) is 26.6. The van der Waals surface area contributed by atoms with Crippen molar-refractivity contribution in [3.05, 3.63) is 21.9 Å². The molecule has 1 aromatic heterocycles. The second kappa shape index (κ2) is 8.01. The molecule has 0 saturated carbocycles. The number of nitrogens with one attached hydrogen (secondary N) is 1. The number of nitrogens with zero attached hydrogens (tertiary/aromatic N) is 1. The molecule has 2 N–H and O–H groups in total. The monoisotopic (exact) mass is 298 g/mol. The van der Waals surface area contributed by atoms with Crippen LogP contribution in [0.4, 0.5) is 0 Å². The van der Waals surface area contributed by atoms with Crippen molar-refractivity contribution < 1.29 is 14.7 Å². The van der Waals surface area contributed by atoms with E-state index in [1.54, 1.807) is 16.2 Å². The van der Waals surface area contributed by atoms with E-state index in [1.165, 1.54) is 4.88 Å². The molecule has 6 heteroatoms. The summed E-state index contributed by atoms with van der Waals surface area (Å²) in [5, 5.41) is 11.6. The van der Waals surface area contributed by atoms with Crippen LogP contribution in [-0.2, 0) is 22.6 Å². The van der Waals surface area contributed by atoms with E-state index in [0.29, 0.717) is 6.54 Å². The topological polar surface area (TPSA) is 69.6 Å². The van der Waals surface area contributed by atoms with E-state index < -0.39 is 5.97 Å². The molecule has 5 nitrogen and oxygen atoms in total. The van der Waals surface area contributed by atoms with Gasteiger partial charge in [0.25, 0.3) is 0 Å². The van der Waals surface area contributed by atoms with E-state index in [-0.39, 0.29) is 25.0 Å². The van der Waals surface area contributed by atoms with Crippen molar-refractivity contribution in [1.82, 2.24) is 10.2 Å². The van der Waals surface area contributed by atoms with E-state index in [2.05, 4.69) is 18.3 Å². The van der Waals surface area contributed by atoms with Crippen LogP contribution in [0.3, 0.4) is 0 Å². The van der Waals surface area contributed by atoms with Crippen LogP contribution in [0, 0.1) is 0 Å². The third kappa shape index (κ3) is 5.71. The van der Waals surface area contributed by atoms with Gasteiger partial charge < -0.3 is 10.4 Å². The van der Waals surface area contributed by atoms with Gasteiger partial charge in [-0.15, -0.1) is 11.3 Å². The van der Waals surface area contributed by atoms with Gasteiger partial charge in [0.2, 0.25) is 5.91 Å². The van der Waals surface area contributed by atoms with Crippen LogP contribution in [-0.4, -0.2) is 41.0 Å². The van der Waals surface area contributed by atoms with E-state index >= 15 is 0 Å². The second-order valence-electron chi connectivity index (χ2n) is 4.89. The highest BCUT2D eigenvalue weighted by Crippen LogP contribution is 2.16. The molecular weight excluding hydrogens is 276 g/mol. The maximum Gasteiger partial charge on any atom is 0.317 e. The van der Waals surface area contributed by atoms with Crippen molar-refractivity contribution >= 4 is 23.2 Å². The molecule has 1 aromatic rings. The van der Waals surface area contributed by atoms with Gasteiger partial charge in [0.15, 0.2) is 0 Å². The Balaban J connectivity index is 2.43. The fraction of sp³-hybridized carbons (Fsp3) is 0.571. The Hall–Kier alpha value is -1.40. The molecule has 1 rings (SSSR count). The van der Waals surface area contributed by atoms with Crippen LogP contribution >= 0.6 is 11.3 Å². The normalized spacial score (nSPS) is 11.1. The molecule has 0 spiro atoms. The van der Waals surface area contributed by atoms with Gasteiger partial charge in [-0.3, -0.25) is 14.5 Å². The number of carbonyl (C=O) groups is 2. The zero-order valence-corrected chi connectivity index (χ0v) is 13.0. The zero-order chi connectivity index (χ0) is 15.1. The van der Waals surface area contributed by atoms with E-state index in [1.807, 2.05) is 19.9 Å². The highest BCUT2D eigenvalue weighted by Gasteiger charge is 2.16. The van der Waals surface area contributed by atoms with Crippen molar-refractivity contribution in [3.63, 3.8) is 0 Å². The smallest absolute Gasteiger partial charge is 0.317 e. The lowest BCUT2D eigenvalue weighted by Crippen LogP contribution is -2.43. The fourth-order valence-electron chi connectivity index (χ4n) is 1.73. The standard InChI is InChI=1S/C14H22N2O3S/c1-4-11-5-6-12(20-11)7-15-13(17)8-16(10(2)3)9-14(18)19/h5-6,10H,4,7-9H2,1-3H3,(H,15,17)(H,18,19). The summed E-state index contributed by atoms with van der Waals surface area (Å²) >= 11 is 1.69. The summed E-state index contributed by atoms with van der Waals surface area (Å²) in [7, 11) is 0. The van der Waals surface area contributed by atoms with Crippen molar-refractivity contribution in [2.24, 2.45) is 0 Å². The first kappa shape index (κ1) is 16.7. The average Bonchev–Trinajstić information content (AvgIpc) is 2.83. The van der Waals surface area contributed by atoms with Crippen LogP contribution in [0.25, 0.3) is 0 Å². The third-order valence-corrected chi connectivity index (χ3v) is 4.17. The Morgan fingerprint density at radius 1 is 1.30 bits per heavy atom. The Kier molecular flexibility index (Phi) is 6.67. The molecule has 1 amide bonds. The summed E-state index contributed by atoms with van der Waals surface area (Å²) in [5.41, 5.74) is 0. The predicted molar refractivity (Wildman–Crippen MR) is 79.9 cm³/mol. The minimum atomic E-state index is -0.919. The summed E-state index contributed by atoms with van der Waals surface area (Å²) in [6, 6.07) is 4.10. The van der Waals surface area contributed by atoms with Gasteiger partial charge >= 0.3 is 5.97 Å². The molecule has 0 aliphatic heterocycles. The third-order valence-electron chi connectivity index (χ3n) is 2.94. The molecular formula is C14H22N2O3S. The second-order valence-corrected chi connectivity index (χ2v) is 6.14. The number of hydrogen-bond donors (Lipinski definition) is 2. The quantitative estimate of drug-likeness (QED) is 0.767. The summed E-state index contributed by atoms with van der Waals surface area (Å²) in [5.74, 6) is -1.07. The molecule has 0 radical (unpaired) electrons. The van der Waals surface area contributed by atoms with Crippen LogP contribution in [0.5, 0.6) is 0 Å². The minimum absolute atomic E-state index is 0.0188. The first-order valence-corrected chi connectivity index (χ1v) is 7.54. The van der Waals surface area contributed by atoms with Crippen LogP contribution in [0.1, 0.15) is 30.5 Å². The number of hydrogen-bond acceptors (Lipinski definition) is 4. The molecule has 0 unspecified atom stereocenters. The van der Waals surface area contributed by atoms with Gasteiger partial charge in [-0.1, -0.05) is 6.92 Å². The largest absolute Gasteiger partial charge is 0.480 e. The number of aryl methyl sites for hydroxylation is 1. The van der Waals surface area contributed by atoms with Crippen LogP contribution in [0.15, 0.2) is 12.1 Å². The van der Waals surface area contributed by atoms with Crippen LogP contribution < -0.4 is 5.32 Å². The van der Waals surface area contributed by atoms with Crippen molar-refractivity contribution in [1.29, 1.82) is 0 Å². The summed E-state index contributed by atoms with van der Waals surface area (Å²) < 4.78 is 0. The molecule has 0 atom stereocenters. The molecule has 0 aromatic carbocycles. The van der Waals surface area contributed by atoms with Crippen LogP contribution in [0.2, 0.25) is 0 Å². The van der Waals surface area contributed by atoms with Gasteiger partial charge in [0.1, 0.15) is 0 Å². The Labute approximate surface area is 123 Å². The fourth-order valence-corrected chi connectivity index (χ4v) is 2.63. The molecule has 0 fully saturated rings. The number of amides is 1. The Bertz CT molecular complexity index is 457. The first-order valence-electron chi connectivity index (χ1n) is 6.72. The lowest BCUT2D eigenvalue weighted by Gasteiger charge is -2.23. The molecule has 112 valence electrons. The number of carboxylic acids is 1. The molecule has 0 aliphatic carbocycles. The summed E-state index contributed by atoms with van der Waals surface area (Å²) in [6.07, 6.45) is 0.998. The Morgan fingerprint density at radius 3 is 2.45 bits per heavy atom. The van der Waals surface area contributed by atoms with Crippen molar-refractivity contribution in [3.8, 4) is 0 Å². The van der Waals surface area contributed by atoms with E-state index in [9.17, 15) is 9.59 Å². The number of carboxylic acid groups (broad SMARTS) is 1. The number of carbonyl (C=O) groups excluding carboxylic acids is 1. The average molecular weight is 298 g/mol. The zero-order valence-electron chi connectivity index (χ0n) is 12.2. The number of thiophene rings is 1. The minimum Gasteiger partial charge on any atom is -0.480 e. The molecule has 1 heterocycles. The molecule has 0 saturated heterocycles. The van der Waals surface area contributed by atoms with Gasteiger partial charge in [-0.25, -0.2) is 0 Å². The predicted octanol–water partition coefficient (Wildman–Crippen LogP) is 1.72. The first-order chi connectivity index (χ1) is 9.42. The number of aliphatic carboxylic acids is 1. The highest BCUT2D eigenvalue weighted by atomic mass is 32.1. The summed E-state index contributed by atoms with van der Waals surface area (Å²) in [6.45, 7) is 6.34. The van der Waals surface area contributed by atoms with Gasteiger partial charge in [0, 0.05) is 15.8 Å². The van der Waals surface area contributed by atoms with Crippen molar-refractivity contribution in [2.75, 3.05) is 13.1 Å². The maximum absolute atomic E-state index is 11.8. The van der Waals surface area contributed by atoms with Gasteiger partial charge in [-0.05, 0) is 32.4 Å². The molecule has 0 bridgehead atoms. The number of rotatable bonds is 8. The van der Waals surface area contributed by atoms with E-state index in [4.69, 9.17) is 5.11 Å². The highest BCUT2D eigenvalue weighted by molar-refractivity contribution is 7.11. The molecule has 0 aliphatic rings. The van der Waals surface area contributed by atoms with E-state index in [0.717, 1.165) is 11.3 Å². The van der Waals surface area contributed by atoms with Gasteiger partial charge in [0.05, 0.1) is 19.6 Å². The molecule has 20 heavy (non-hydrogen) atoms.